The predicted octanol–water partition coefficient (Wildman–Crippen LogP) is 1.04. The zero-order valence-electron chi connectivity index (χ0n) is 13.6. The van der Waals surface area contributed by atoms with Gasteiger partial charge in [-0.3, -0.25) is 14.5 Å². The van der Waals surface area contributed by atoms with E-state index in [1.807, 2.05) is 11.8 Å². The number of carbonyl (C=O) groups is 2. The van der Waals surface area contributed by atoms with Gasteiger partial charge in [-0.2, -0.15) is 0 Å². The lowest BCUT2D eigenvalue weighted by atomic mass is 10.1. The SMILES string of the molecule is CCNC(=O)CN1CCN(C(=O)CCc2ccc(F)cc2)CC1. The molecule has 1 aliphatic heterocycles. The summed E-state index contributed by atoms with van der Waals surface area (Å²) >= 11 is 0. The van der Waals surface area contributed by atoms with Crippen molar-refractivity contribution in [3.63, 3.8) is 0 Å². The minimum atomic E-state index is -0.261. The molecule has 1 aliphatic rings. The van der Waals surface area contributed by atoms with Gasteiger partial charge in [-0.25, -0.2) is 4.39 Å². The maximum atomic E-state index is 12.8. The molecule has 0 unspecified atom stereocenters. The Kier molecular flexibility index (Phi) is 6.52. The monoisotopic (exact) mass is 321 g/mol. The highest BCUT2D eigenvalue weighted by Gasteiger charge is 2.21. The highest BCUT2D eigenvalue weighted by atomic mass is 19.1. The average molecular weight is 321 g/mol. The van der Waals surface area contributed by atoms with Crippen LogP contribution in [0, 0.1) is 5.82 Å². The van der Waals surface area contributed by atoms with Crippen LogP contribution in [-0.2, 0) is 16.0 Å². The quantitative estimate of drug-likeness (QED) is 0.852. The highest BCUT2D eigenvalue weighted by Crippen LogP contribution is 2.09. The molecule has 0 bridgehead atoms. The van der Waals surface area contributed by atoms with Crippen molar-refractivity contribution in [2.24, 2.45) is 0 Å². The molecule has 2 amide bonds. The molecule has 1 heterocycles. The van der Waals surface area contributed by atoms with Crippen molar-refractivity contribution < 1.29 is 14.0 Å². The first-order chi connectivity index (χ1) is 11.1. The summed E-state index contributed by atoms with van der Waals surface area (Å²) in [4.78, 5) is 27.7. The van der Waals surface area contributed by atoms with Crippen molar-refractivity contribution in [1.82, 2.24) is 15.1 Å². The van der Waals surface area contributed by atoms with E-state index in [0.29, 0.717) is 39.0 Å². The number of nitrogens with one attached hydrogen (secondary N) is 1. The lowest BCUT2D eigenvalue weighted by molar-refractivity contribution is -0.133. The molecule has 1 aromatic rings. The van der Waals surface area contributed by atoms with Crippen LogP contribution >= 0.6 is 0 Å². The number of benzene rings is 1. The third kappa shape index (κ3) is 5.63. The number of halogens is 1. The van der Waals surface area contributed by atoms with E-state index >= 15 is 0 Å². The molecular weight excluding hydrogens is 297 g/mol. The second kappa shape index (κ2) is 8.62. The molecule has 1 fully saturated rings. The Labute approximate surface area is 136 Å². The van der Waals surface area contributed by atoms with E-state index in [4.69, 9.17) is 0 Å². The fraction of sp³-hybridized carbons (Fsp3) is 0.529. The van der Waals surface area contributed by atoms with Crippen LogP contribution in [0.5, 0.6) is 0 Å². The zero-order chi connectivity index (χ0) is 16.7. The summed E-state index contributed by atoms with van der Waals surface area (Å²) in [6.07, 6.45) is 1.06. The van der Waals surface area contributed by atoms with E-state index in [9.17, 15) is 14.0 Å². The lowest BCUT2D eigenvalue weighted by Gasteiger charge is -2.34. The van der Waals surface area contributed by atoms with Crippen molar-refractivity contribution in [3.05, 3.63) is 35.6 Å². The number of aryl methyl sites for hydroxylation is 1. The lowest BCUT2D eigenvalue weighted by Crippen LogP contribution is -2.51. The molecule has 1 aromatic carbocycles. The van der Waals surface area contributed by atoms with E-state index in [1.165, 1.54) is 12.1 Å². The number of piperazine rings is 1. The van der Waals surface area contributed by atoms with Crippen LogP contribution in [0.3, 0.4) is 0 Å². The molecular formula is C17H24FN3O2. The van der Waals surface area contributed by atoms with E-state index in [0.717, 1.165) is 18.7 Å². The van der Waals surface area contributed by atoms with Crippen molar-refractivity contribution in [1.29, 1.82) is 0 Å². The minimum absolute atomic E-state index is 0.0311. The molecule has 6 heteroatoms. The topological polar surface area (TPSA) is 52.7 Å². The van der Waals surface area contributed by atoms with Crippen molar-refractivity contribution in [2.75, 3.05) is 39.3 Å². The van der Waals surface area contributed by atoms with Gasteiger partial charge in [0.1, 0.15) is 5.82 Å². The first-order valence-corrected chi connectivity index (χ1v) is 8.09. The predicted molar refractivity (Wildman–Crippen MR) is 86.4 cm³/mol. The fourth-order valence-electron chi connectivity index (χ4n) is 2.67. The van der Waals surface area contributed by atoms with Gasteiger partial charge in [-0.15, -0.1) is 0 Å². The van der Waals surface area contributed by atoms with Gasteiger partial charge in [-0.05, 0) is 31.0 Å². The maximum absolute atomic E-state index is 12.8. The summed E-state index contributed by atoms with van der Waals surface area (Å²) in [6, 6.07) is 6.26. The molecule has 0 atom stereocenters. The fourth-order valence-corrected chi connectivity index (χ4v) is 2.67. The Morgan fingerprint density at radius 3 is 2.39 bits per heavy atom. The van der Waals surface area contributed by atoms with Crippen LogP contribution in [0.2, 0.25) is 0 Å². The van der Waals surface area contributed by atoms with Crippen molar-refractivity contribution >= 4 is 11.8 Å². The second-order valence-corrected chi connectivity index (χ2v) is 5.74. The Morgan fingerprint density at radius 2 is 1.78 bits per heavy atom. The van der Waals surface area contributed by atoms with Gasteiger partial charge >= 0.3 is 0 Å². The molecule has 126 valence electrons. The van der Waals surface area contributed by atoms with Crippen LogP contribution in [-0.4, -0.2) is 60.9 Å². The van der Waals surface area contributed by atoms with Gasteiger partial charge in [0.05, 0.1) is 6.54 Å². The number of likely N-dealkylation sites (N-methyl/N-ethyl adjacent to an activating group) is 1. The normalized spacial score (nSPS) is 15.5. The average Bonchev–Trinajstić information content (AvgIpc) is 2.55. The van der Waals surface area contributed by atoms with Gasteiger partial charge in [-0.1, -0.05) is 12.1 Å². The smallest absolute Gasteiger partial charge is 0.234 e. The molecule has 0 spiro atoms. The number of amides is 2. The zero-order valence-corrected chi connectivity index (χ0v) is 13.6. The Hall–Kier alpha value is -1.95. The molecule has 1 saturated heterocycles. The number of hydrogen-bond acceptors (Lipinski definition) is 3. The minimum Gasteiger partial charge on any atom is -0.355 e. The maximum Gasteiger partial charge on any atom is 0.234 e. The van der Waals surface area contributed by atoms with E-state index in [1.54, 1.807) is 12.1 Å². The largest absolute Gasteiger partial charge is 0.355 e. The Morgan fingerprint density at radius 1 is 1.13 bits per heavy atom. The summed E-state index contributed by atoms with van der Waals surface area (Å²) in [7, 11) is 0. The molecule has 23 heavy (non-hydrogen) atoms. The van der Waals surface area contributed by atoms with E-state index in [2.05, 4.69) is 10.2 Å². The van der Waals surface area contributed by atoms with Crippen LogP contribution in [0.15, 0.2) is 24.3 Å². The van der Waals surface area contributed by atoms with Gasteiger partial charge < -0.3 is 10.2 Å². The van der Waals surface area contributed by atoms with Crippen molar-refractivity contribution in [3.8, 4) is 0 Å². The molecule has 0 radical (unpaired) electrons. The van der Waals surface area contributed by atoms with E-state index in [-0.39, 0.29) is 17.6 Å². The first kappa shape index (κ1) is 17.4. The molecule has 0 aliphatic carbocycles. The molecule has 0 aromatic heterocycles. The third-order valence-electron chi connectivity index (χ3n) is 4.01. The van der Waals surface area contributed by atoms with Gasteiger partial charge in [0.25, 0.3) is 0 Å². The Bertz CT molecular complexity index is 525. The molecule has 0 saturated carbocycles. The molecule has 2 rings (SSSR count). The van der Waals surface area contributed by atoms with Gasteiger partial charge in [0.15, 0.2) is 0 Å². The van der Waals surface area contributed by atoms with Crippen molar-refractivity contribution in [2.45, 2.75) is 19.8 Å². The highest BCUT2D eigenvalue weighted by molar-refractivity contribution is 5.78. The Balaban J connectivity index is 1.71. The first-order valence-electron chi connectivity index (χ1n) is 8.09. The second-order valence-electron chi connectivity index (χ2n) is 5.74. The molecule has 1 N–H and O–H groups in total. The third-order valence-corrected chi connectivity index (χ3v) is 4.01. The van der Waals surface area contributed by atoms with Gasteiger partial charge in [0, 0.05) is 39.1 Å². The number of carbonyl (C=O) groups excluding carboxylic acids is 2. The van der Waals surface area contributed by atoms with Crippen LogP contribution in [0.4, 0.5) is 4.39 Å². The van der Waals surface area contributed by atoms with Crippen LogP contribution < -0.4 is 5.32 Å². The van der Waals surface area contributed by atoms with Crippen LogP contribution in [0.1, 0.15) is 18.9 Å². The standard InChI is InChI=1S/C17H24FN3O2/c1-2-19-16(22)13-20-9-11-21(12-10-20)17(23)8-5-14-3-6-15(18)7-4-14/h3-4,6-7H,2,5,8-13H2,1H3,(H,19,22). The molecule has 5 nitrogen and oxygen atoms in total. The summed E-state index contributed by atoms with van der Waals surface area (Å²) in [6.45, 7) is 5.68. The number of rotatable bonds is 6. The summed E-state index contributed by atoms with van der Waals surface area (Å²) < 4.78 is 12.8. The summed E-state index contributed by atoms with van der Waals surface area (Å²) in [5.74, 6) is -0.112. The van der Waals surface area contributed by atoms with Crippen LogP contribution in [0.25, 0.3) is 0 Å². The van der Waals surface area contributed by atoms with Gasteiger partial charge in [0.2, 0.25) is 11.8 Å². The summed E-state index contributed by atoms with van der Waals surface area (Å²) in [5.41, 5.74) is 0.967. The number of hydrogen-bond donors (Lipinski definition) is 1. The van der Waals surface area contributed by atoms with E-state index < -0.39 is 0 Å². The number of nitrogens with zero attached hydrogens (tertiary/aromatic N) is 2. The summed E-state index contributed by atoms with van der Waals surface area (Å²) in [5, 5.41) is 2.78.